The molecule has 234 valence electrons. The smallest absolute Gasteiger partial charge is 0.164 e. The molecule has 0 saturated carbocycles. The Bertz CT molecular complexity index is 2850. The number of hydrogen-bond acceptors (Lipinski definition) is 4. The maximum absolute atomic E-state index is 6.25. The molecule has 7 aromatic carbocycles. The molecule has 3 heterocycles. The number of fused-ring (bicyclic) bond motifs is 6. The van der Waals surface area contributed by atoms with Gasteiger partial charge >= 0.3 is 0 Å². The van der Waals surface area contributed by atoms with Gasteiger partial charge in [0.25, 0.3) is 0 Å². The SMILES string of the molecule is c1ccc(-c2ccc(-c3nc(-c4ccc5c(c4)oc4ccccc45)nc(-c4ccc5c(c4)c4ccccc4n5-c4ccccc4)n3)cc2)cc1. The summed E-state index contributed by atoms with van der Waals surface area (Å²) in [7, 11) is 0. The van der Waals surface area contributed by atoms with Crippen molar-refractivity contribution < 1.29 is 4.42 Å². The highest BCUT2D eigenvalue weighted by Crippen LogP contribution is 2.36. The molecule has 50 heavy (non-hydrogen) atoms. The Morgan fingerprint density at radius 3 is 1.64 bits per heavy atom. The van der Waals surface area contributed by atoms with Gasteiger partial charge in [-0.2, -0.15) is 0 Å². The Balaban J connectivity index is 1.16. The van der Waals surface area contributed by atoms with E-state index >= 15 is 0 Å². The summed E-state index contributed by atoms with van der Waals surface area (Å²) in [4.78, 5) is 15.3. The fourth-order valence-electron chi connectivity index (χ4n) is 7.04. The van der Waals surface area contributed by atoms with Crippen LogP contribution in [0.2, 0.25) is 0 Å². The third kappa shape index (κ3) is 4.67. The van der Waals surface area contributed by atoms with Crippen molar-refractivity contribution in [1.29, 1.82) is 0 Å². The Labute approximate surface area is 287 Å². The van der Waals surface area contributed by atoms with Crippen LogP contribution in [0, 0.1) is 0 Å². The molecule has 0 amide bonds. The van der Waals surface area contributed by atoms with Gasteiger partial charge in [-0.15, -0.1) is 0 Å². The molecule has 0 aliphatic heterocycles. The highest BCUT2D eigenvalue weighted by atomic mass is 16.3. The molecule has 0 aliphatic carbocycles. The molecular formula is C45H28N4O. The van der Waals surface area contributed by atoms with Crippen LogP contribution in [0.4, 0.5) is 0 Å². The number of benzene rings is 7. The minimum absolute atomic E-state index is 0.589. The van der Waals surface area contributed by atoms with Gasteiger partial charge in [0.15, 0.2) is 17.5 Å². The number of para-hydroxylation sites is 3. The monoisotopic (exact) mass is 640 g/mol. The van der Waals surface area contributed by atoms with Gasteiger partial charge < -0.3 is 8.98 Å². The zero-order chi connectivity index (χ0) is 33.0. The van der Waals surface area contributed by atoms with Crippen molar-refractivity contribution in [2.45, 2.75) is 0 Å². The van der Waals surface area contributed by atoms with Gasteiger partial charge in [0, 0.05) is 43.9 Å². The standard InChI is InChI=1S/C45H28N4O/c1-3-11-29(12-4-1)30-19-21-31(22-20-30)43-46-44(48-45(47-43)33-23-25-37-36-16-8-10-18-41(36)50-42(37)28-33)32-24-26-40-38(27-32)35-15-7-9-17-39(35)49(40)34-13-5-2-6-14-34/h1-28H. The molecule has 10 rings (SSSR count). The van der Waals surface area contributed by atoms with Gasteiger partial charge in [0.1, 0.15) is 11.2 Å². The largest absolute Gasteiger partial charge is 0.456 e. The van der Waals surface area contributed by atoms with Crippen molar-refractivity contribution in [2.24, 2.45) is 0 Å². The van der Waals surface area contributed by atoms with E-state index in [1.54, 1.807) is 0 Å². The zero-order valence-electron chi connectivity index (χ0n) is 26.9. The summed E-state index contributed by atoms with van der Waals surface area (Å²) in [6.45, 7) is 0. The fourth-order valence-corrected chi connectivity index (χ4v) is 7.04. The number of rotatable bonds is 5. The molecule has 10 aromatic rings. The van der Waals surface area contributed by atoms with E-state index in [4.69, 9.17) is 19.4 Å². The lowest BCUT2D eigenvalue weighted by atomic mass is 10.0. The van der Waals surface area contributed by atoms with Gasteiger partial charge in [0.05, 0.1) is 11.0 Å². The Morgan fingerprint density at radius 1 is 0.340 bits per heavy atom. The molecule has 5 nitrogen and oxygen atoms in total. The topological polar surface area (TPSA) is 56.7 Å². The van der Waals surface area contributed by atoms with Gasteiger partial charge in [-0.3, -0.25) is 0 Å². The second-order valence-corrected chi connectivity index (χ2v) is 12.5. The lowest BCUT2D eigenvalue weighted by Gasteiger charge is -2.10. The molecule has 0 N–H and O–H groups in total. The Morgan fingerprint density at radius 2 is 0.860 bits per heavy atom. The molecule has 0 spiro atoms. The first kappa shape index (κ1) is 28.2. The first-order valence-electron chi connectivity index (χ1n) is 16.7. The average molecular weight is 641 g/mol. The van der Waals surface area contributed by atoms with E-state index in [0.29, 0.717) is 17.5 Å². The Hall–Kier alpha value is -6.85. The maximum atomic E-state index is 6.25. The molecule has 0 fully saturated rings. The summed E-state index contributed by atoms with van der Waals surface area (Å²) in [5.41, 5.74) is 10.1. The average Bonchev–Trinajstić information content (AvgIpc) is 3.73. The summed E-state index contributed by atoms with van der Waals surface area (Å²) in [6, 6.07) is 58.7. The first-order chi connectivity index (χ1) is 24.8. The lowest BCUT2D eigenvalue weighted by Crippen LogP contribution is -2.00. The third-order valence-electron chi connectivity index (χ3n) is 9.47. The van der Waals surface area contributed by atoms with Crippen molar-refractivity contribution in [3.8, 4) is 51.0 Å². The molecular weight excluding hydrogens is 613 g/mol. The van der Waals surface area contributed by atoms with Crippen LogP contribution in [0.3, 0.4) is 0 Å². The molecule has 0 bridgehead atoms. The van der Waals surface area contributed by atoms with Crippen LogP contribution >= 0.6 is 0 Å². The van der Waals surface area contributed by atoms with Crippen LogP contribution in [0.5, 0.6) is 0 Å². The molecule has 0 aliphatic rings. The van der Waals surface area contributed by atoms with Gasteiger partial charge in [0.2, 0.25) is 0 Å². The molecule has 3 aromatic heterocycles. The first-order valence-corrected chi connectivity index (χ1v) is 16.7. The van der Waals surface area contributed by atoms with Gasteiger partial charge in [-0.05, 0) is 65.7 Å². The van der Waals surface area contributed by atoms with Crippen LogP contribution in [0.15, 0.2) is 174 Å². The van der Waals surface area contributed by atoms with Crippen molar-refractivity contribution >= 4 is 43.7 Å². The van der Waals surface area contributed by atoms with Crippen LogP contribution in [-0.4, -0.2) is 19.5 Å². The quantitative estimate of drug-likeness (QED) is 0.188. The minimum atomic E-state index is 0.589. The predicted molar refractivity (Wildman–Crippen MR) is 203 cm³/mol. The van der Waals surface area contributed by atoms with E-state index in [-0.39, 0.29) is 0 Å². The zero-order valence-corrected chi connectivity index (χ0v) is 26.9. The predicted octanol–water partition coefficient (Wildman–Crippen LogP) is 11.5. The summed E-state index contributed by atoms with van der Waals surface area (Å²) in [5.74, 6) is 1.81. The van der Waals surface area contributed by atoms with Crippen molar-refractivity contribution in [1.82, 2.24) is 19.5 Å². The fraction of sp³-hybridized carbons (Fsp3) is 0. The number of furan rings is 1. The number of hydrogen-bond donors (Lipinski definition) is 0. The molecule has 0 saturated heterocycles. The molecule has 0 atom stereocenters. The van der Waals surface area contributed by atoms with E-state index < -0.39 is 0 Å². The summed E-state index contributed by atoms with van der Waals surface area (Å²) >= 11 is 0. The number of aromatic nitrogens is 4. The van der Waals surface area contributed by atoms with E-state index in [2.05, 4.69) is 138 Å². The van der Waals surface area contributed by atoms with Crippen molar-refractivity contribution in [2.75, 3.05) is 0 Å². The van der Waals surface area contributed by atoms with E-state index in [9.17, 15) is 0 Å². The summed E-state index contributed by atoms with van der Waals surface area (Å²) in [6.07, 6.45) is 0. The van der Waals surface area contributed by atoms with E-state index in [1.807, 2.05) is 36.4 Å². The van der Waals surface area contributed by atoms with Gasteiger partial charge in [-0.25, -0.2) is 15.0 Å². The lowest BCUT2D eigenvalue weighted by molar-refractivity contribution is 0.669. The van der Waals surface area contributed by atoms with Gasteiger partial charge in [-0.1, -0.05) is 115 Å². The number of nitrogens with zero attached hydrogens (tertiary/aromatic N) is 4. The van der Waals surface area contributed by atoms with Crippen LogP contribution in [0.25, 0.3) is 94.7 Å². The van der Waals surface area contributed by atoms with E-state index in [0.717, 1.165) is 71.9 Å². The van der Waals surface area contributed by atoms with E-state index in [1.165, 1.54) is 5.39 Å². The van der Waals surface area contributed by atoms with Crippen molar-refractivity contribution in [3.63, 3.8) is 0 Å². The molecule has 0 unspecified atom stereocenters. The van der Waals surface area contributed by atoms with Crippen LogP contribution < -0.4 is 0 Å². The third-order valence-corrected chi connectivity index (χ3v) is 9.47. The minimum Gasteiger partial charge on any atom is -0.456 e. The van der Waals surface area contributed by atoms with Crippen LogP contribution in [0.1, 0.15) is 0 Å². The normalized spacial score (nSPS) is 11.6. The van der Waals surface area contributed by atoms with Crippen molar-refractivity contribution in [3.05, 3.63) is 170 Å². The highest BCUT2D eigenvalue weighted by Gasteiger charge is 2.17. The summed E-state index contributed by atoms with van der Waals surface area (Å²) in [5, 5.41) is 4.47. The molecule has 0 radical (unpaired) electrons. The van der Waals surface area contributed by atoms with Crippen LogP contribution in [-0.2, 0) is 0 Å². The maximum Gasteiger partial charge on any atom is 0.164 e. The summed E-state index contributed by atoms with van der Waals surface area (Å²) < 4.78 is 8.57. The second kappa shape index (κ2) is 11.4. The molecule has 5 heteroatoms. The highest BCUT2D eigenvalue weighted by molar-refractivity contribution is 6.10. The Kier molecular flexibility index (Phi) is 6.42. The second-order valence-electron chi connectivity index (χ2n) is 12.5.